The SMILES string of the molecule is [2H]c1c([2H])c([2H])c(-c2ccc3oc4c(c3c2)N(c2ccc(C(C)(C)C)cc2)c2cc(C(C)(C)C)cc3c2B4n2c4cc5c6cc(C(C)(C)C)ccc6n(-c6c([2H])c([2H])c([2H])c([2H])c6[2H])c5cc4c4cc(C(C)(C)C)cc-3c42)c([2H])c1[2H]. The number of benzene rings is 8. The molecule has 5 heterocycles. The first-order valence-corrected chi connectivity index (χ1v) is 24.8. The number of hydrogen-bond acceptors (Lipinski definition) is 2. The van der Waals surface area contributed by atoms with Gasteiger partial charge in [-0.1, -0.05) is 162 Å². The summed E-state index contributed by atoms with van der Waals surface area (Å²) in [6.07, 6.45) is 0. The van der Waals surface area contributed by atoms with Crippen molar-refractivity contribution in [1.82, 2.24) is 9.05 Å². The normalized spacial score (nSPS) is 15.8. The van der Waals surface area contributed by atoms with Crippen molar-refractivity contribution in [3.63, 3.8) is 0 Å². The molecule has 350 valence electrons. The van der Waals surface area contributed by atoms with E-state index in [0.29, 0.717) is 33.2 Å². The van der Waals surface area contributed by atoms with Crippen LogP contribution >= 0.6 is 0 Å². The summed E-state index contributed by atoms with van der Waals surface area (Å²) in [6.45, 7) is 26.0. The predicted molar refractivity (Wildman–Crippen MR) is 304 cm³/mol. The maximum atomic E-state index is 9.36. The molecule has 5 heteroatoms. The van der Waals surface area contributed by atoms with Crippen molar-refractivity contribution >= 4 is 89.6 Å². The molecule has 0 N–H and O–H groups in total. The molecule has 2 aliphatic rings. The summed E-state index contributed by atoms with van der Waals surface area (Å²) < 4.78 is 101. The van der Waals surface area contributed by atoms with Gasteiger partial charge in [0.2, 0.25) is 0 Å². The minimum absolute atomic E-state index is 0.0811. The van der Waals surface area contributed by atoms with Crippen LogP contribution in [0.15, 0.2) is 162 Å². The van der Waals surface area contributed by atoms with E-state index in [1.54, 1.807) is 6.07 Å². The van der Waals surface area contributed by atoms with E-state index in [1.807, 2.05) is 22.8 Å². The molecule has 0 unspecified atom stereocenters. The first-order chi connectivity index (χ1) is 37.9. The van der Waals surface area contributed by atoms with E-state index in [4.69, 9.17) is 15.4 Å². The standard InChI is InChI=1S/C66H62BN3O/c1-63(2,3)41-24-27-46(28-25-41)69-57-36-44(66(10,11)12)33-50-52-35-43(65(7,8)9)34-51-49-37-55-48(47-32-42(64(4,5)6)26-29-54(47)68(55)45-21-17-14-18-22-45)38-56(49)70(60(51)52)67(59(50)57)62-61(69)53-31-40(23-30-58(53)71-62)39-19-15-13-16-20-39/h13-38H,1-12H3/i13D,14D,15D,16D,17D,18D,19D,20D,21D,22D. The number of furan rings is 1. The molecule has 71 heavy (non-hydrogen) atoms. The summed E-state index contributed by atoms with van der Waals surface area (Å²) in [5.41, 5.74) is 14.6. The number of nitrogens with zero attached hydrogens (tertiary/aromatic N) is 3. The van der Waals surface area contributed by atoms with Gasteiger partial charge in [0.15, 0.2) is 0 Å². The molecule has 4 nitrogen and oxygen atoms in total. The predicted octanol–water partition coefficient (Wildman–Crippen LogP) is 16.9. The number of anilines is 3. The van der Waals surface area contributed by atoms with Gasteiger partial charge in [0.1, 0.15) is 11.2 Å². The third-order valence-corrected chi connectivity index (χ3v) is 15.3. The monoisotopic (exact) mass is 934 g/mol. The van der Waals surface area contributed by atoms with Crippen LogP contribution in [0.2, 0.25) is 0 Å². The van der Waals surface area contributed by atoms with Crippen LogP contribution in [0.1, 0.15) is 119 Å². The Bertz CT molecular complexity index is 4580. The molecule has 8 aromatic carbocycles. The molecule has 2 aliphatic heterocycles. The van der Waals surface area contributed by atoms with Gasteiger partial charge in [-0.15, -0.1) is 0 Å². The quantitative estimate of drug-likeness (QED) is 0.165. The smallest absolute Gasteiger partial charge is 0.375 e. The van der Waals surface area contributed by atoms with E-state index in [0.717, 1.165) is 82.9 Å². The summed E-state index contributed by atoms with van der Waals surface area (Å²) in [6, 6.07) is 30.6. The number of para-hydroxylation sites is 1. The first-order valence-electron chi connectivity index (χ1n) is 29.8. The number of rotatable bonds is 3. The summed E-state index contributed by atoms with van der Waals surface area (Å²) in [5.74, 6) is 0. The van der Waals surface area contributed by atoms with Gasteiger partial charge >= 0.3 is 6.85 Å². The topological polar surface area (TPSA) is 26.2 Å². The molecule has 0 spiro atoms. The van der Waals surface area contributed by atoms with Crippen LogP contribution in [0.5, 0.6) is 0 Å². The van der Waals surface area contributed by atoms with Crippen molar-refractivity contribution in [3.8, 4) is 27.9 Å². The molecule has 0 radical (unpaired) electrons. The Balaban J connectivity index is 1.22. The molecule has 0 fully saturated rings. The van der Waals surface area contributed by atoms with E-state index in [9.17, 15) is 2.74 Å². The van der Waals surface area contributed by atoms with Crippen LogP contribution < -0.4 is 16.0 Å². The fraction of sp³-hybridized carbons (Fsp3) is 0.242. The van der Waals surface area contributed by atoms with Gasteiger partial charge in [-0.25, -0.2) is 0 Å². The molecule has 0 atom stereocenters. The maximum Gasteiger partial charge on any atom is 0.375 e. The lowest BCUT2D eigenvalue weighted by molar-refractivity contribution is 0.589. The highest BCUT2D eigenvalue weighted by Gasteiger charge is 2.47. The molecular formula is C66H62BN3O. The Morgan fingerprint density at radius 1 is 0.451 bits per heavy atom. The molecular weight excluding hydrogens is 862 g/mol. The lowest BCUT2D eigenvalue weighted by Gasteiger charge is -2.40. The fourth-order valence-corrected chi connectivity index (χ4v) is 11.4. The van der Waals surface area contributed by atoms with Crippen LogP contribution in [0, 0.1) is 0 Å². The zero-order valence-corrected chi connectivity index (χ0v) is 42.6. The second-order valence-corrected chi connectivity index (χ2v) is 24.0. The average molecular weight is 934 g/mol. The zero-order valence-electron chi connectivity index (χ0n) is 52.6. The molecule has 13 rings (SSSR count). The van der Waals surface area contributed by atoms with E-state index < -0.39 is 43.1 Å². The van der Waals surface area contributed by atoms with Crippen molar-refractivity contribution in [1.29, 1.82) is 0 Å². The van der Waals surface area contributed by atoms with E-state index in [1.165, 1.54) is 5.56 Å². The minimum Gasteiger partial charge on any atom is -0.466 e. The maximum absolute atomic E-state index is 9.36. The molecule has 0 bridgehead atoms. The molecule has 0 aliphatic carbocycles. The second kappa shape index (κ2) is 14.7. The summed E-state index contributed by atoms with van der Waals surface area (Å²) in [7, 11) is 0. The number of aromatic nitrogens is 2. The highest BCUT2D eigenvalue weighted by Crippen LogP contribution is 2.51. The first kappa shape index (κ1) is 34.2. The number of hydrogen-bond donors (Lipinski definition) is 0. The van der Waals surface area contributed by atoms with Gasteiger partial charge in [-0.2, -0.15) is 0 Å². The Hall–Kier alpha value is -7.24. The van der Waals surface area contributed by atoms with E-state index >= 15 is 0 Å². The third-order valence-electron chi connectivity index (χ3n) is 15.3. The van der Waals surface area contributed by atoms with Gasteiger partial charge in [0.25, 0.3) is 0 Å². The van der Waals surface area contributed by atoms with Gasteiger partial charge in [-0.3, -0.25) is 0 Å². The highest BCUT2D eigenvalue weighted by atomic mass is 16.3. The van der Waals surface area contributed by atoms with E-state index in [-0.39, 0.29) is 57.1 Å². The van der Waals surface area contributed by atoms with E-state index in [2.05, 4.69) is 165 Å². The van der Waals surface area contributed by atoms with Gasteiger partial charge in [-0.05, 0) is 145 Å². The lowest BCUT2D eigenvalue weighted by Crippen LogP contribution is -2.56. The lowest BCUT2D eigenvalue weighted by atomic mass is 9.47. The largest absolute Gasteiger partial charge is 0.466 e. The van der Waals surface area contributed by atoms with Crippen molar-refractivity contribution < 1.29 is 18.1 Å². The molecule has 0 amide bonds. The molecule has 11 aromatic rings. The second-order valence-electron chi connectivity index (χ2n) is 24.0. The zero-order chi connectivity index (χ0) is 58.0. The van der Waals surface area contributed by atoms with Gasteiger partial charge in [0, 0.05) is 60.6 Å². The van der Waals surface area contributed by atoms with Crippen LogP contribution in [0.4, 0.5) is 17.1 Å². The van der Waals surface area contributed by atoms with Crippen LogP contribution in [0.3, 0.4) is 0 Å². The fourth-order valence-electron chi connectivity index (χ4n) is 11.4. The Kier molecular flexibility index (Phi) is 7.06. The van der Waals surface area contributed by atoms with Crippen molar-refractivity contribution in [3.05, 3.63) is 180 Å². The molecule has 0 saturated heterocycles. The third kappa shape index (κ3) is 6.50. The average Bonchev–Trinajstić information content (AvgIpc) is 3.28. The number of fused-ring (bicyclic) bond motifs is 12. The van der Waals surface area contributed by atoms with Crippen LogP contribution in [0.25, 0.3) is 82.5 Å². The Morgan fingerprint density at radius 3 is 1.70 bits per heavy atom. The van der Waals surface area contributed by atoms with Gasteiger partial charge < -0.3 is 18.4 Å². The Labute approximate surface area is 432 Å². The van der Waals surface area contributed by atoms with Crippen LogP contribution in [-0.4, -0.2) is 15.9 Å². The van der Waals surface area contributed by atoms with Crippen molar-refractivity contribution in [2.45, 2.75) is 105 Å². The minimum atomic E-state index is -0.564. The van der Waals surface area contributed by atoms with Crippen molar-refractivity contribution in [2.24, 2.45) is 0 Å². The molecule has 3 aromatic heterocycles. The summed E-state index contributed by atoms with van der Waals surface area (Å²) in [4.78, 5) is 2.31. The summed E-state index contributed by atoms with van der Waals surface area (Å²) in [5, 5.41) is 4.36. The molecule has 0 saturated carbocycles. The van der Waals surface area contributed by atoms with Gasteiger partial charge in [0.05, 0.1) is 30.4 Å². The van der Waals surface area contributed by atoms with Crippen molar-refractivity contribution in [2.75, 3.05) is 4.90 Å². The highest BCUT2D eigenvalue weighted by molar-refractivity contribution is 6.89. The summed E-state index contributed by atoms with van der Waals surface area (Å²) >= 11 is 0. The van der Waals surface area contributed by atoms with Crippen LogP contribution in [-0.2, 0) is 21.7 Å². The Morgan fingerprint density at radius 2 is 1.03 bits per heavy atom.